The van der Waals surface area contributed by atoms with Gasteiger partial charge in [0.05, 0.1) is 0 Å². The maximum Gasteiger partial charge on any atom is 0.0271 e. The van der Waals surface area contributed by atoms with Crippen LogP contribution in [0.2, 0.25) is 0 Å². The fourth-order valence-corrected chi connectivity index (χ4v) is 1.12. The Morgan fingerprint density at radius 1 is 1.45 bits per heavy atom. The number of hydrogen-bond donors (Lipinski definition) is 2. The molecule has 0 aliphatic heterocycles. The van der Waals surface area contributed by atoms with Crippen molar-refractivity contribution >= 4 is 0 Å². The lowest BCUT2D eigenvalue weighted by Crippen LogP contribution is -2.26. The summed E-state index contributed by atoms with van der Waals surface area (Å²) in [7, 11) is 3.97. The van der Waals surface area contributed by atoms with E-state index in [1.54, 1.807) is 0 Å². The van der Waals surface area contributed by atoms with Crippen LogP contribution in [0.4, 0.5) is 0 Å². The quantitative estimate of drug-likeness (QED) is 0.445. The van der Waals surface area contributed by atoms with Crippen LogP contribution in [0, 0.1) is 0 Å². The minimum atomic E-state index is 0.489. The number of likely N-dealkylation sites (N-methyl/N-ethyl adjacent to an activating group) is 1. The average Bonchev–Trinajstić information content (AvgIpc) is 1.97. The maximum atomic E-state index is 3.92. The largest absolute Gasteiger partial charge is 0.320 e. The minimum Gasteiger partial charge on any atom is -0.320 e. The van der Waals surface area contributed by atoms with Crippen molar-refractivity contribution in [2.75, 3.05) is 20.6 Å². The Labute approximate surface area is 70.1 Å². The third-order valence-electron chi connectivity index (χ3n) is 1.86. The van der Waals surface area contributed by atoms with Crippen LogP contribution < -0.4 is 10.6 Å². The highest BCUT2D eigenvalue weighted by molar-refractivity contribution is 5.00. The molecule has 0 heterocycles. The van der Waals surface area contributed by atoms with Crippen LogP contribution >= 0.6 is 0 Å². The Hall–Kier alpha value is -0.340. The van der Waals surface area contributed by atoms with Crippen molar-refractivity contribution in [1.82, 2.24) is 10.6 Å². The molecule has 0 aromatic carbocycles. The second-order valence-corrected chi connectivity index (χ2v) is 2.93. The lowest BCUT2D eigenvalue weighted by atomic mass is 10.1. The second-order valence-electron chi connectivity index (χ2n) is 2.93. The minimum absolute atomic E-state index is 0.489. The molecule has 0 saturated carbocycles. The van der Waals surface area contributed by atoms with Crippen LogP contribution in [0.25, 0.3) is 0 Å². The molecule has 11 heavy (non-hydrogen) atoms. The van der Waals surface area contributed by atoms with Crippen LogP contribution in [-0.2, 0) is 0 Å². The van der Waals surface area contributed by atoms with Gasteiger partial charge in [-0.1, -0.05) is 12.2 Å². The van der Waals surface area contributed by atoms with Gasteiger partial charge in [-0.25, -0.2) is 0 Å². The SMILES string of the molecule is C=C(C)C(CCCNC)NC. The Morgan fingerprint density at radius 2 is 2.09 bits per heavy atom. The zero-order chi connectivity index (χ0) is 8.69. The van der Waals surface area contributed by atoms with Crippen LogP contribution in [0.1, 0.15) is 19.8 Å². The van der Waals surface area contributed by atoms with Crippen LogP contribution in [0.3, 0.4) is 0 Å². The first-order valence-corrected chi connectivity index (χ1v) is 4.19. The molecule has 0 aliphatic rings. The van der Waals surface area contributed by atoms with Crippen molar-refractivity contribution in [3.63, 3.8) is 0 Å². The van der Waals surface area contributed by atoms with E-state index in [1.165, 1.54) is 18.4 Å². The van der Waals surface area contributed by atoms with Gasteiger partial charge >= 0.3 is 0 Å². The molecule has 2 nitrogen and oxygen atoms in total. The fourth-order valence-electron chi connectivity index (χ4n) is 1.12. The molecule has 0 fully saturated rings. The smallest absolute Gasteiger partial charge is 0.0271 e. The summed E-state index contributed by atoms with van der Waals surface area (Å²) in [6.07, 6.45) is 2.38. The number of nitrogens with one attached hydrogen (secondary N) is 2. The van der Waals surface area contributed by atoms with Gasteiger partial charge in [0.25, 0.3) is 0 Å². The molecule has 0 aromatic rings. The number of hydrogen-bond acceptors (Lipinski definition) is 2. The van der Waals surface area contributed by atoms with E-state index >= 15 is 0 Å². The molecule has 0 rings (SSSR count). The van der Waals surface area contributed by atoms with E-state index in [2.05, 4.69) is 24.1 Å². The standard InChI is InChI=1S/C9H20N2/c1-8(2)9(11-4)6-5-7-10-3/h9-11H,1,5-7H2,2-4H3. The van der Waals surface area contributed by atoms with Gasteiger partial charge in [0.15, 0.2) is 0 Å². The fraction of sp³-hybridized carbons (Fsp3) is 0.778. The summed E-state index contributed by atoms with van der Waals surface area (Å²) in [5.74, 6) is 0. The van der Waals surface area contributed by atoms with Gasteiger partial charge in [0.2, 0.25) is 0 Å². The highest BCUT2D eigenvalue weighted by atomic mass is 14.9. The predicted molar refractivity (Wildman–Crippen MR) is 50.8 cm³/mol. The number of rotatable bonds is 6. The van der Waals surface area contributed by atoms with E-state index in [9.17, 15) is 0 Å². The van der Waals surface area contributed by atoms with Gasteiger partial charge in [0, 0.05) is 6.04 Å². The third-order valence-corrected chi connectivity index (χ3v) is 1.86. The summed E-state index contributed by atoms with van der Waals surface area (Å²) in [4.78, 5) is 0. The molecule has 0 aromatic heterocycles. The van der Waals surface area contributed by atoms with E-state index in [1.807, 2.05) is 14.1 Å². The summed E-state index contributed by atoms with van der Waals surface area (Å²) in [6, 6.07) is 0.489. The first kappa shape index (κ1) is 10.7. The predicted octanol–water partition coefficient (Wildman–Crippen LogP) is 1.15. The van der Waals surface area contributed by atoms with Crippen molar-refractivity contribution in [1.29, 1.82) is 0 Å². The Balaban J connectivity index is 3.44. The maximum absolute atomic E-state index is 3.92. The van der Waals surface area contributed by atoms with Gasteiger partial charge in [-0.3, -0.25) is 0 Å². The lowest BCUT2D eigenvalue weighted by molar-refractivity contribution is 0.551. The topological polar surface area (TPSA) is 24.1 Å². The zero-order valence-corrected chi connectivity index (χ0v) is 7.91. The van der Waals surface area contributed by atoms with Crippen molar-refractivity contribution in [3.8, 4) is 0 Å². The van der Waals surface area contributed by atoms with E-state index < -0.39 is 0 Å². The van der Waals surface area contributed by atoms with Gasteiger partial charge < -0.3 is 10.6 Å². The molecule has 1 unspecified atom stereocenters. The molecule has 0 amide bonds. The molecule has 0 radical (unpaired) electrons. The monoisotopic (exact) mass is 156 g/mol. The molecule has 0 saturated heterocycles. The summed E-state index contributed by atoms with van der Waals surface area (Å²) >= 11 is 0. The van der Waals surface area contributed by atoms with E-state index in [0.29, 0.717) is 6.04 Å². The zero-order valence-electron chi connectivity index (χ0n) is 7.91. The Kier molecular flexibility index (Phi) is 6.18. The van der Waals surface area contributed by atoms with E-state index in [4.69, 9.17) is 0 Å². The molecule has 0 aliphatic carbocycles. The second kappa shape index (κ2) is 6.38. The summed E-state index contributed by atoms with van der Waals surface area (Å²) in [5, 5.41) is 6.36. The highest BCUT2D eigenvalue weighted by Crippen LogP contribution is 2.04. The van der Waals surface area contributed by atoms with Gasteiger partial charge in [-0.15, -0.1) is 0 Å². The molecule has 0 bridgehead atoms. The summed E-state index contributed by atoms with van der Waals surface area (Å²) in [6.45, 7) is 7.08. The summed E-state index contributed by atoms with van der Waals surface area (Å²) < 4.78 is 0. The molecular weight excluding hydrogens is 136 g/mol. The molecule has 0 spiro atoms. The molecule has 1 atom stereocenters. The average molecular weight is 156 g/mol. The van der Waals surface area contributed by atoms with Crippen molar-refractivity contribution in [3.05, 3.63) is 12.2 Å². The third kappa shape index (κ3) is 4.99. The summed E-state index contributed by atoms with van der Waals surface area (Å²) in [5.41, 5.74) is 1.23. The van der Waals surface area contributed by atoms with E-state index in [-0.39, 0.29) is 0 Å². The molecular formula is C9H20N2. The van der Waals surface area contributed by atoms with Crippen molar-refractivity contribution in [2.45, 2.75) is 25.8 Å². The highest BCUT2D eigenvalue weighted by Gasteiger charge is 2.04. The van der Waals surface area contributed by atoms with Crippen LogP contribution in [0.5, 0.6) is 0 Å². The molecule has 2 heteroatoms. The van der Waals surface area contributed by atoms with Gasteiger partial charge in [-0.05, 0) is 40.4 Å². The van der Waals surface area contributed by atoms with Crippen LogP contribution in [0.15, 0.2) is 12.2 Å². The van der Waals surface area contributed by atoms with Crippen molar-refractivity contribution < 1.29 is 0 Å². The van der Waals surface area contributed by atoms with E-state index in [0.717, 1.165) is 6.54 Å². The lowest BCUT2D eigenvalue weighted by Gasteiger charge is -2.15. The first-order chi connectivity index (χ1) is 5.22. The Morgan fingerprint density at radius 3 is 2.45 bits per heavy atom. The normalized spacial score (nSPS) is 13.0. The van der Waals surface area contributed by atoms with Crippen molar-refractivity contribution in [2.24, 2.45) is 0 Å². The molecule has 66 valence electrons. The Bertz CT molecular complexity index is 110. The first-order valence-electron chi connectivity index (χ1n) is 4.19. The van der Waals surface area contributed by atoms with Gasteiger partial charge in [0.1, 0.15) is 0 Å². The van der Waals surface area contributed by atoms with Crippen LogP contribution in [-0.4, -0.2) is 26.7 Å². The van der Waals surface area contributed by atoms with Gasteiger partial charge in [-0.2, -0.15) is 0 Å². The molecule has 2 N–H and O–H groups in total.